The van der Waals surface area contributed by atoms with E-state index in [1.807, 2.05) is 19.9 Å². The number of aliphatic carboxylic acids is 1. The van der Waals surface area contributed by atoms with E-state index in [0.29, 0.717) is 11.6 Å². The number of nitrogens with zero attached hydrogens (tertiary/aromatic N) is 2. The molecule has 2 aromatic carbocycles. The molecule has 3 heterocycles. The number of rotatable bonds is 6. The Labute approximate surface area is 248 Å². The van der Waals surface area contributed by atoms with Crippen LogP contribution in [0.5, 0.6) is 0 Å². The summed E-state index contributed by atoms with van der Waals surface area (Å²) in [6.45, 7) is 5.55. The average molecular weight is 573 g/mol. The SMILES string of the molecule is CC(=C(\C#N)C(=O)O)/C(C)=C(\C)c1ccc(-c2ccc(-c3ccc(N4c5ccccc5C5=CC=CCC54)cc3)s2)s1. The highest BCUT2D eigenvalue weighted by Gasteiger charge is 2.34. The molecule has 0 bridgehead atoms. The van der Waals surface area contributed by atoms with E-state index in [1.165, 1.54) is 42.7 Å². The van der Waals surface area contributed by atoms with Gasteiger partial charge in [-0.2, -0.15) is 5.26 Å². The molecule has 0 spiro atoms. The molecule has 4 aromatic rings. The second kappa shape index (κ2) is 10.9. The fraction of sp³-hybridized carbons (Fsp3) is 0.143. The van der Waals surface area contributed by atoms with Crippen LogP contribution in [0, 0.1) is 11.3 Å². The zero-order chi connectivity index (χ0) is 28.7. The molecular weight excluding hydrogens is 545 g/mol. The third-order valence-corrected chi connectivity index (χ3v) is 10.5. The molecule has 6 rings (SSSR count). The standard InChI is InChI=1S/C35H28N2O2S2/c1-21(22(2)28(20-36)35(38)39)23(3)31-16-18-33(40-31)34-19-17-32(41-34)24-12-14-25(15-13-24)37-29-10-6-4-8-26(29)27-9-5-7-11-30(27)37/h4-10,12-19,30H,11H2,1-3H3,(H,38,39)/b23-21+,28-22-. The molecule has 2 aliphatic rings. The van der Waals surface area contributed by atoms with Crippen LogP contribution in [0.3, 0.4) is 0 Å². The van der Waals surface area contributed by atoms with E-state index in [0.717, 1.165) is 22.4 Å². The number of carbonyl (C=O) groups is 1. The molecule has 1 unspecified atom stereocenters. The first kappa shape index (κ1) is 26.8. The lowest BCUT2D eigenvalue weighted by Crippen LogP contribution is -2.26. The largest absolute Gasteiger partial charge is 0.477 e. The van der Waals surface area contributed by atoms with Crippen molar-refractivity contribution in [3.63, 3.8) is 0 Å². The van der Waals surface area contributed by atoms with Gasteiger partial charge in [-0.1, -0.05) is 48.6 Å². The highest BCUT2D eigenvalue weighted by atomic mass is 32.1. The van der Waals surface area contributed by atoms with E-state index in [9.17, 15) is 15.2 Å². The number of benzene rings is 2. The van der Waals surface area contributed by atoms with Crippen LogP contribution in [0.4, 0.5) is 11.4 Å². The smallest absolute Gasteiger partial charge is 0.346 e. The molecule has 6 heteroatoms. The van der Waals surface area contributed by atoms with Crippen molar-refractivity contribution in [1.29, 1.82) is 5.26 Å². The summed E-state index contributed by atoms with van der Waals surface area (Å²) in [5.41, 5.74) is 8.46. The van der Waals surface area contributed by atoms with Gasteiger partial charge in [0, 0.05) is 36.4 Å². The van der Waals surface area contributed by atoms with E-state index in [4.69, 9.17) is 0 Å². The molecule has 1 atom stereocenters. The second-order valence-corrected chi connectivity index (χ2v) is 12.4. The van der Waals surface area contributed by atoms with E-state index in [2.05, 4.69) is 95.9 Å². The molecular formula is C35H28N2O2S2. The molecule has 202 valence electrons. The lowest BCUT2D eigenvalue weighted by Gasteiger charge is -2.28. The van der Waals surface area contributed by atoms with Gasteiger partial charge in [0.15, 0.2) is 0 Å². The number of hydrogen-bond donors (Lipinski definition) is 1. The normalized spacial score (nSPS) is 16.8. The number of allylic oxidation sites excluding steroid dienone is 5. The molecule has 1 aliphatic heterocycles. The maximum atomic E-state index is 11.4. The van der Waals surface area contributed by atoms with Gasteiger partial charge in [-0.15, -0.1) is 22.7 Å². The van der Waals surface area contributed by atoms with Gasteiger partial charge in [-0.3, -0.25) is 0 Å². The molecule has 0 fully saturated rings. The van der Waals surface area contributed by atoms with Crippen molar-refractivity contribution in [2.45, 2.75) is 33.2 Å². The van der Waals surface area contributed by atoms with Crippen LogP contribution >= 0.6 is 22.7 Å². The summed E-state index contributed by atoms with van der Waals surface area (Å²) < 4.78 is 0. The summed E-state index contributed by atoms with van der Waals surface area (Å²) in [6.07, 6.45) is 7.67. The van der Waals surface area contributed by atoms with Crippen LogP contribution < -0.4 is 4.90 Å². The van der Waals surface area contributed by atoms with Gasteiger partial charge in [0.1, 0.15) is 11.6 Å². The molecule has 0 saturated heterocycles. The molecule has 1 aliphatic carbocycles. The van der Waals surface area contributed by atoms with Gasteiger partial charge in [0.2, 0.25) is 0 Å². The highest BCUT2D eigenvalue weighted by molar-refractivity contribution is 7.24. The molecule has 4 nitrogen and oxygen atoms in total. The Hall–Kier alpha value is -4.44. The number of nitriles is 1. The minimum absolute atomic E-state index is 0.214. The van der Waals surface area contributed by atoms with Gasteiger partial charge in [0.05, 0.1) is 6.04 Å². The number of carboxylic acids is 1. The summed E-state index contributed by atoms with van der Waals surface area (Å²) in [4.78, 5) is 18.5. The van der Waals surface area contributed by atoms with Crippen molar-refractivity contribution in [2.24, 2.45) is 0 Å². The van der Waals surface area contributed by atoms with Crippen LogP contribution in [0.1, 0.15) is 37.6 Å². The molecule has 41 heavy (non-hydrogen) atoms. The monoisotopic (exact) mass is 572 g/mol. The fourth-order valence-electron chi connectivity index (χ4n) is 5.57. The van der Waals surface area contributed by atoms with E-state index in [1.54, 1.807) is 29.6 Å². The highest BCUT2D eigenvalue weighted by Crippen LogP contribution is 2.47. The van der Waals surface area contributed by atoms with Gasteiger partial charge in [0.25, 0.3) is 0 Å². The van der Waals surface area contributed by atoms with Gasteiger partial charge >= 0.3 is 5.97 Å². The Morgan fingerprint density at radius 1 is 0.902 bits per heavy atom. The van der Waals surface area contributed by atoms with Crippen molar-refractivity contribution in [1.82, 2.24) is 0 Å². The first-order chi connectivity index (χ1) is 19.9. The zero-order valence-corrected chi connectivity index (χ0v) is 24.6. The van der Waals surface area contributed by atoms with E-state index >= 15 is 0 Å². The third kappa shape index (κ3) is 4.78. The Morgan fingerprint density at radius 2 is 1.61 bits per heavy atom. The van der Waals surface area contributed by atoms with Crippen molar-refractivity contribution in [3.8, 4) is 26.3 Å². The number of carboxylic acid groups (broad SMARTS) is 1. The molecule has 0 radical (unpaired) electrons. The minimum Gasteiger partial charge on any atom is -0.477 e. The third-order valence-electron chi connectivity index (χ3n) is 8.00. The second-order valence-electron chi connectivity index (χ2n) is 10.2. The lowest BCUT2D eigenvalue weighted by atomic mass is 9.96. The molecule has 0 saturated carbocycles. The summed E-state index contributed by atoms with van der Waals surface area (Å²) in [7, 11) is 0. The Bertz CT molecular complexity index is 1840. The topological polar surface area (TPSA) is 64.3 Å². The zero-order valence-electron chi connectivity index (χ0n) is 23.0. The predicted molar refractivity (Wildman–Crippen MR) is 171 cm³/mol. The Balaban J connectivity index is 1.25. The van der Waals surface area contributed by atoms with Crippen LogP contribution in [-0.4, -0.2) is 17.1 Å². The quantitative estimate of drug-likeness (QED) is 0.142. The van der Waals surface area contributed by atoms with E-state index in [-0.39, 0.29) is 5.57 Å². The van der Waals surface area contributed by atoms with Crippen molar-refractivity contribution >= 4 is 51.2 Å². The van der Waals surface area contributed by atoms with Crippen LogP contribution in [-0.2, 0) is 4.79 Å². The van der Waals surface area contributed by atoms with Gasteiger partial charge < -0.3 is 10.0 Å². The van der Waals surface area contributed by atoms with Crippen molar-refractivity contribution in [2.75, 3.05) is 4.90 Å². The lowest BCUT2D eigenvalue weighted by molar-refractivity contribution is -0.132. The van der Waals surface area contributed by atoms with Gasteiger partial charge in [-0.25, -0.2) is 4.79 Å². The number of anilines is 2. The van der Waals surface area contributed by atoms with Crippen LogP contribution in [0.2, 0.25) is 0 Å². The summed E-state index contributed by atoms with van der Waals surface area (Å²) in [6, 6.07) is 28.3. The van der Waals surface area contributed by atoms with Crippen LogP contribution in [0.15, 0.2) is 108 Å². The van der Waals surface area contributed by atoms with Crippen molar-refractivity contribution < 1.29 is 9.90 Å². The van der Waals surface area contributed by atoms with Crippen LogP contribution in [0.25, 0.3) is 31.3 Å². The number of thiophene rings is 2. The summed E-state index contributed by atoms with van der Waals surface area (Å²) in [5.74, 6) is -1.19. The predicted octanol–water partition coefficient (Wildman–Crippen LogP) is 9.73. The molecule has 2 aromatic heterocycles. The number of fused-ring (bicyclic) bond motifs is 3. The summed E-state index contributed by atoms with van der Waals surface area (Å²) >= 11 is 3.45. The summed E-state index contributed by atoms with van der Waals surface area (Å²) in [5, 5.41) is 18.6. The fourth-order valence-corrected chi connectivity index (χ4v) is 7.74. The first-order valence-electron chi connectivity index (χ1n) is 13.5. The number of para-hydroxylation sites is 1. The van der Waals surface area contributed by atoms with E-state index < -0.39 is 5.97 Å². The molecule has 1 N–H and O–H groups in total. The first-order valence-corrected chi connectivity index (χ1v) is 15.1. The Morgan fingerprint density at radius 3 is 2.37 bits per heavy atom. The number of hydrogen-bond acceptors (Lipinski definition) is 5. The average Bonchev–Trinajstić information content (AvgIpc) is 3.74. The maximum absolute atomic E-state index is 11.4. The van der Waals surface area contributed by atoms with Gasteiger partial charge in [-0.05, 0) is 97.5 Å². The molecule has 0 amide bonds. The minimum atomic E-state index is -1.19. The van der Waals surface area contributed by atoms with Crippen molar-refractivity contribution in [3.05, 3.63) is 118 Å². The Kier molecular flexibility index (Phi) is 7.08. The maximum Gasteiger partial charge on any atom is 0.346 e.